The number of ether oxygens (including phenoxy) is 3. The minimum absolute atomic E-state index is 0.161. The van der Waals surface area contributed by atoms with E-state index in [-0.39, 0.29) is 25.4 Å². The Morgan fingerprint density at radius 2 is 1.73 bits per heavy atom. The monoisotopic (exact) mass is 541 g/mol. The number of rotatable bonds is 10. The van der Waals surface area contributed by atoms with Crippen molar-refractivity contribution in [2.45, 2.75) is 51.5 Å². The van der Waals surface area contributed by atoms with E-state index in [0.29, 0.717) is 28.6 Å². The summed E-state index contributed by atoms with van der Waals surface area (Å²) in [6.45, 7) is 4.18. The van der Waals surface area contributed by atoms with Crippen LogP contribution in [-0.2, 0) is 33.7 Å². The molecule has 3 aromatic carbocycles. The molecule has 37 heavy (non-hydrogen) atoms. The lowest BCUT2D eigenvalue weighted by molar-refractivity contribution is -0.144. The van der Waals surface area contributed by atoms with Gasteiger partial charge in [-0.15, -0.1) is 0 Å². The van der Waals surface area contributed by atoms with Crippen molar-refractivity contribution in [1.29, 1.82) is 0 Å². The van der Waals surface area contributed by atoms with Crippen molar-refractivity contribution in [3.8, 4) is 5.75 Å². The van der Waals surface area contributed by atoms with Gasteiger partial charge in [-0.3, -0.25) is 4.79 Å². The zero-order valence-corrected chi connectivity index (χ0v) is 22.2. The predicted octanol–water partition coefficient (Wildman–Crippen LogP) is 6.50. The molecular weight excluding hydrogens is 513 g/mol. The third kappa shape index (κ3) is 7.25. The van der Waals surface area contributed by atoms with Crippen LogP contribution in [0, 0.1) is 0 Å². The number of benzene rings is 3. The maximum Gasteiger partial charge on any atom is 0.417 e. The van der Waals surface area contributed by atoms with Gasteiger partial charge in [0.25, 0.3) is 5.91 Å². The molecule has 4 rings (SSSR count). The van der Waals surface area contributed by atoms with Crippen LogP contribution in [0.5, 0.6) is 5.75 Å². The average Bonchev–Trinajstić information content (AvgIpc) is 3.23. The lowest BCUT2D eigenvalue weighted by Gasteiger charge is -2.26. The highest BCUT2D eigenvalue weighted by Crippen LogP contribution is 2.28. The van der Waals surface area contributed by atoms with Crippen molar-refractivity contribution in [3.63, 3.8) is 0 Å². The molecule has 0 N–H and O–H groups in total. The number of carbonyl (C=O) groups excluding carboxylic acids is 2. The SMILES string of the molecule is CC(C)O[C@@H](Cc1cccc(COc2ccc(Cl)cc2Cl)c1)C(=O)N1C(=O)OC[C@@H]1Cc1ccccc1. The van der Waals surface area contributed by atoms with E-state index < -0.39 is 18.1 Å². The van der Waals surface area contributed by atoms with Crippen molar-refractivity contribution >= 4 is 35.2 Å². The number of carbonyl (C=O) groups is 2. The Hall–Kier alpha value is -3.06. The summed E-state index contributed by atoms with van der Waals surface area (Å²) in [5.41, 5.74) is 2.81. The van der Waals surface area contributed by atoms with Crippen LogP contribution >= 0.6 is 23.2 Å². The summed E-state index contributed by atoms with van der Waals surface area (Å²) in [6.07, 6.45) is -0.865. The van der Waals surface area contributed by atoms with Gasteiger partial charge in [-0.1, -0.05) is 77.8 Å². The Balaban J connectivity index is 1.47. The molecule has 0 saturated carbocycles. The molecule has 1 aliphatic rings. The second-order valence-corrected chi connectivity index (χ2v) is 10.0. The Labute approximate surface area is 227 Å². The van der Waals surface area contributed by atoms with Crippen LogP contribution < -0.4 is 4.74 Å². The number of halogens is 2. The van der Waals surface area contributed by atoms with E-state index in [4.69, 9.17) is 37.4 Å². The van der Waals surface area contributed by atoms with Gasteiger partial charge in [-0.05, 0) is 55.2 Å². The molecule has 0 unspecified atom stereocenters. The molecule has 2 amide bonds. The van der Waals surface area contributed by atoms with Gasteiger partial charge < -0.3 is 14.2 Å². The van der Waals surface area contributed by atoms with Crippen LogP contribution in [0.3, 0.4) is 0 Å². The van der Waals surface area contributed by atoms with E-state index in [1.54, 1.807) is 18.2 Å². The highest BCUT2D eigenvalue weighted by atomic mass is 35.5. The predicted molar refractivity (Wildman–Crippen MR) is 143 cm³/mol. The average molecular weight is 542 g/mol. The van der Waals surface area contributed by atoms with Crippen molar-refractivity contribution in [3.05, 3.63) is 99.5 Å². The number of hydrogen-bond donors (Lipinski definition) is 0. The summed E-state index contributed by atoms with van der Waals surface area (Å²) < 4.78 is 17.1. The summed E-state index contributed by atoms with van der Waals surface area (Å²) in [4.78, 5) is 27.4. The highest BCUT2D eigenvalue weighted by Gasteiger charge is 2.41. The molecule has 0 spiro atoms. The molecule has 1 fully saturated rings. The number of hydrogen-bond acceptors (Lipinski definition) is 5. The summed E-state index contributed by atoms with van der Waals surface area (Å²) in [5, 5.41) is 0.968. The van der Waals surface area contributed by atoms with Crippen LogP contribution in [0.2, 0.25) is 10.0 Å². The summed E-state index contributed by atoms with van der Waals surface area (Å²) in [6, 6.07) is 22.1. The molecule has 0 aliphatic carbocycles. The molecule has 194 valence electrons. The minimum atomic E-state index is -0.842. The molecule has 8 heteroatoms. The minimum Gasteiger partial charge on any atom is -0.487 e. The quantitative estimate of drug-likeness (QED) is 0.293. The van der Waals surface area contributed by atoms with Gasteiger partial charge >= 0.3 is 6.09 Å². The fourth-order valence-electron chi connectivity index (χ4n) is 4.26. The molecule has 6 nitrogen and oxygen atoms in total. The van der Waals surface area contributed by atoms with E-state index in [2.05, 4.69) is 0 Å². The Morgan fingerprint density at radius 1 is 1.00 bits per heavy atom. The first-order valence-corrected chi connectivity index (χ1v) is 12.9. The zero-order chi connectivity index (χ0) is 26.4. The Kier molecular flexibility index (Phi) is 9.09. The third-order valence-electron chi connectivity index (χ3n) is 5.93. The van der Waals surface area contributed by atoms with Crippen LogP contribution in [0.25, 0.3) is 0 Å². The number of nitrogens with zero attached hydrogens (tertiary/aromatic N) is 1. The van der Waals surface area contributed by atoms with Crippen LogP contribution in [0.1, 0.15) is 30.5 Å². The largest absolute Gasteiger partial charge is 0.487 e. The first kappa shape index (κ1) is 27.0. The van der Waals surface area contributed by atoms with Gasteiger partial charge in [0.2, 0.25) is 0 Å². The van der Waals surface area contributed by atoms with Gasteiger partial charge in [0.15, 0.2) is 0 Å². The summed E-state index contributed by atoms with van der Waals surface area (Å²) in [5.74, 6) is 0.136. The van der Waals surface area contributed by atoms with Gasteiger partial charge in [-0.2, -0.15) is 0 Å². The second-order valence-electron chi connectivity index (χ2n) is 9.19. The van der Waals surface area contributed by atoms with E-state index >= 15 is 0 Å². The standard InChI is InChI=1S/C29H29Cl2NO5/c1-19(2)37-27(28(33)32-24(18-36-29(32)34)14-20-7-4-3-5-8-20)15-21-9-6-10-22(13-21)17-35-26-12-11-23(30)16-25(26)31/h3-13,16,19,24,27H,14-15,17-18H2,1-2H3/t24-,27-/m0/s1. The first-order valence-electron chi connectivity index (χ1n) is 12.1. The Bertz CT molecular complexity index is 1230. The van der Waals surface area contributed by atoms with Crippen molar-refractivity contribution in [2.24, 2.45) is 0 Å². The van der Waals surface area contributed by atoms with E-state index in [1.165, 1.54) is 4.90 Å². The van der Waals surface area contributed by atoms with Gasteiger partial charge in [0, 0.05) is 11.4 Å². The molecule has 0 aromatic heterocycles. The molecule has 2 atom stereocenters. The smallest absolute Gasteiger partial charge is 0.417 e. The zero-order valence-electron chi connectivity index (χ0n) is 20.7. The molecule has 0 bridgehead atoms. The topological polar surface area (TPSA) is 65.1 Å². The lowest BCUT2D eigenvalue weighted by atomic mass is 10.0. The fraction of sp³-hybridized carbons (Fsp3) is 0.310. The molecular formula is C29H29Cl2NO5. The maximum atomic E-state index is 13.6. The van der Waals surface area contributed by atoms with Crippen LogP contribution in [-0.4, -0.2) is 41.8 Å². The second kappa shape index (κ2) is 12.5. The molecule has 1 heterocycles. The number of cyclic esters (lactones) is 1. The molecule has 3 aromatic rings. The summed E-state index contributed by atoms with van der Waals surface area (Å²) >= 11 is 12.2. The molecule has 1 aliphatic heterocycles. The lowest BCUT2D eigenvalue weighted by Crippen LogP contribution is -2.47. The normalized spacial score (nSPS) is 16.1. The van der Waals surface area contributed by atoms with Crippen LogP contribution in [0.15, 0.2) is 72.8 Å². The van der Waals surface area contributed by atoms with Crippen molar-refractivity contribution < 1.29 is 23.8 Å². The fourth-order valence-corrected chi connectivity index (χ4v) is 4.72. The first-order chi connectivity index (χ1) is 17.8. The van der Waals surface area contributed by atoms with Crippen LogP contribution in [0.4, 0.5) is 4.79 Å². The van der Waals surface area contributed by atoms with Crippen molar-refractivity contribution in [2.75, 3.05) is 6.61 Å². The van der Waals surface area contributed by atoms with E-state index in [0.717, 1.165) is 16.7 Å². The Morgan fingerprint density at radius 3 is 2.46 bits per heavy atom. The van der Waals surface area contributed by atoms with E-state index in [1.807, 2.05) is 68.4 Å². The molecule has 0 radical (unpaired) electrons. The number of imide groups is 1. The summed E-state index contributed by atoms with van der Waals surface area (Å²) in [7, 11) is 0. The molecule has 1 saturated heterocycles. The highest BCUT2D eigenvalue weighted by molar-refractivity contribution is 6.35. The number of amides is 2. The van der Waals surface area contributed by atoms with E-state index in [9.17, 15) is 9.59 Å². The van der Waals surface area contributed by atoms with Gasteiger partial charge in [0.1, 0.15) is 25.1 Å². The van der Waals surface area contributed by atoms with Crippen molar-refractivity contribution in [1.82, 2.24) is 4.90 Å². The van der Waals surface area contributed by atoms with Gasteiger partial charge in [0.05, 0.1) is 17.2 Å². The third-order valence-corrected chi connectivity index (χ3v) is 6.46. The van der Waals surface area contributed by atoms with Gasteiger partial charge in [-0.25, -0.2) is 9.69 Å². The maximum absolute atomic E-state index is 13.6.